The Morgan fingerprint density at radius 2 is 1.96 bits per heavy atom. The second-order valence-corrected chi connectivity index (χ2v) is 7.78. The van der Waals surface area contributed by atoms with Crippen molar-refractivity contribution in [2.24, 2.45) is 0 Å². The van der Waals surface area contributed by atoms with Crippen LogP contribution < -0.4 is 5.32 Å². The number of amides is 1. The van der Waals surface area contributed by atoms with E-state index in [0.717, 1.165) is 38.2 Å². The number of benzene rings is 1. The van der Waals surface area contributed by atoms with Crippen LogP contribution in [0.4, 0.5) is 0 Å². The molecule has 0 atom stereocenters. The van der Waals surface area contributed by atoms with Crippen molar-refractivity contribution in [3.05, 3.63) is 70.6 Å². The van der Waals surface area contributed by atoms with Crippen molar-refractivity contribution in [1.82, 2.24) is 19.6 Å². The van der Waals surface area contributed by atoms with Crippen molar-refractivity contribution in [1.29, 1.82) is 0 Å². The van der Waals surface area contributed by atoms with E-state index in [2.05, 4.69) is 39.5 Å². The van der Waals surface area contributed by atoms with Crippen molar-refractivity contribution in [3.8, 4) is 0 Å². The Bertz CT molecular complexity index is 961. The number of rotatable bonds is 5. The Balaban J connectivity index is 1.40. The minimum Gasteiger partial charge on any atom is -0.348 e. The second-order valence-electron chi connectivity index (χ2n) is 7.34. The van der Waals surface area contributed by atoms with Crippen LogP contribution in [0.5, 0.6) is 0 Å². The Labute approximate surface area is 170 Å². The zero-order valence-electron chi connectivity index (χ0n) is 16.1. The summed E-state index contributed by atoms with van der Waals surface area (Å²) in [5.74, 6) is -0.0480. The number of halogens is 1. The number of pyridine rings is 1. The molecular weight excluding hydrogens is 372 g/mol. The van der Waals surface area contributed by atoms with E-state index in [1.165, 1.54) is 5.56 Å². The molecule has 6 heteroatoms. The smallest absolute Gasteiger partial charge is 0.270 e. The minimum atomic E-state index is -0.0480. The number of likely N-dealkylation sites (tertiary alicyclic amines) is 1. The van der Waals surface area contributed by atoms with Gasteiger partial charge in [0, 0.05) is 43.0 Å². The van der Waals surface area contributed by atoms with E-state index in [0.29, 0.717) is 22.8 Å². The maximum atomic E-state index is 13.0. The number of piperidine rings is 1. The molecule has 28 heavy (non-hydrogen) atoms. The van der Waals surface area contributed by atoms with Gasteiger partial charge in [0.25, 0.3) is 5.91 Å². The van der Waals surface area contributed by atoms with Crippen LogP contribution in [-0.4, -0.2) is 39.3 Å². The molecule has 1 fully saturated rings. The number of hydrogen-bond acceptors (Lipinski definition) is 3. The lowest BCUT2D eigenvalue weighted by molar-refractivity contribution is 0.0902. The molecule has 3 aromatic rings. The molecule has 0 bridgehead atoms. The van der Waals surface area contributed by atoms with Gasteiger partial charge in [-0.2, -0.15) is 0 Å². The fraction of sp³-hybridized carbons (Fsp3) is 0.364. The first-order chi connectivity index (χ1) is 13.6. The van der Waals surface area contributed by atoms with Crippen LogP contribution in [0, 0.1) is 0 Å². The third-order valence-corrected chi connectivity index (χ3v) is 5.62. The Morgan fingerprint density at radius 1 is 1.21 bits per heavy atom. The summed E-state index contributed by atoms with van der Waals surface area (Å²) in [6.07, 6.45) is 4.45. The number of carbonyl (C=O) groups is 1. The van der Waals surface area contributed by atoms with Crippen LogP contribution in [0.25, 0.3) is 5.65 Å². The highest BCUT2D eigenvalue weighted by Crippen LogP contribution is 2.19. The molecule has 1 aromatic carbocycles. The monoisotopic (exact) mass is 396 g/mol. The summed E-state index contributed by atoms with van der Waals surface area (Å²) in [4.78, 5) is 20.0. The number of aryl methyl sites for hydroxylation is 1. The normalized spacial score (nSPS) is 15.8. The highest BCUT2D eigenvalue weighted by Gasteiger charge is 2.24. The molecule has 2 aromatic heterocycles. The van der Waals surface area contributed by atoms with Gasteiger partial charge < -0.3 is 5.32 Å². The maximum Gasteiger partial charge on any atom is 0.270 e. The van der Waals surface area contributed by atoms with Crippen LogP contribution in [0.15, 0.2) is 48.7 Å². The quantitative estimate of drug-likeness (QED) is 0.710. The highest BCUT2D eigenvalue weighted by atomic mass is 35.5. The van der Waals surface area contributed by atoms with Gasteiger partial charge in [0.2, 0.25) is 0 Å². The van der Waals surface area contributed by atoms with Gasteiger partial charge in [0.05, 0.1) is 5.69 Å². The lowest BCUT2D eigenvalue weighted by Crippen LogP contribution is -2.44. The Hall–Kier alpha value is -2.37. The molecule has 1 aliphatic rings. The van der Waals surface area contributed by atoms with Crippen LogP contribution in [0.3, 0.4) is 0 Å². The number of nitrogens with one attached hydrogen (secondary N) is 1. The van der Waals surface area contributed by atoms with E-state index in [1.807, 2.05) is 23.6 Å². The molecule has 146 valence electrons. The number of hydrogen-bond donors (Lipinski definition) is 1. The van der Waals surface area contributed by atoms with E-state index >= 15 is 0 Å². The van der Waals surface area contributed by atoms with Crippen LogP contribution in [0.1, 0.15) is 41.5 Å². The lowest BCUT2D eigenvalue weighted by Gasteiger charge is -2.32. The van der Waals surface area contributed by atoms with E-state index < -0.39 is 0 Å². The first-order valence-electron chi connectivity index (χ1n) is 9.87. The molecule has 1 aliphatic heterocycles. The molecule has 1 amide bonds. The fourth-order valence-corrected chi connectivity index (χ4v) is 4.04. The SMILES string of the molecule is CCc1nc2cc(Cl)ccn2c1C(=O)NC1CCN(Cc2ccccc2)CC1. The molecule has 0 saturated carbocycles. The predicted octanol–water partition coefficient (Wildman–Crippen LogP) is 3.94. The average molecular weight is 397 g/mol. The summed E-state index contributed by atoms with van der Waals surface area (Å²) < 4.78 is 1.84. The molecule has 0 aliphatic carbocycles. The molecule has 4 rings (SSSR count). The van der Waals surface area contributed by atoms with Gasteiger partial charge in [0.15, 0.2) is 0 Å². The first-order valence-corrected chi connectivity index (χ1v) is 10.3. The summed E-state index contributed by atoms with van der Waals surface area (Å²) in [5, 5.41) is 3.85. The molecular formula is C22H25ClN4O. The molecule has 0 radical (unpaired) electrons. The summed E-state index contributed by atoms with van der Waals surface area (Å²) in [6, 6.07) is 14.3. The first kappa shape index (κ1) is 19.0. The van der Waals surface area contributed by atoms with E-state index in [9.17, 15) is 4.79 Å². The number of carbonyl (C=O) groups excluding carboxylic acids is 1. The molecule has 5 nitrogen and oxygen atoms in total. The van der Waals surface area contributed by atoms with Gasteiger partial charge in [-0.3, -0.25) is 14.1 Å². The summed E-state index contributed by atoms with van der Waals surface area (Å²) in [7, 11) is 0. The van der Waals surface area contributed by atoms with Crippen molar-refractivity contribution >= 4 is 23.2 Å². The van der Waals surface area contributed by atoms with Crippen LogP contribution in [0.2, 0.25) is 5.02 Å². The third-order valence-electron chi connectivity index (χ3n) is 5.38. The second kappa shape index (κ2) is 8.33. The maximum absolute atomic E-state index is 13.0. The summed E-state index contributed by atoms with van der Waals surface area (Å²) in [6.45, 7) is 4.96. The fourth-order valence-electron chi connectivity index (χ4n) is 3.89. The summed E-state index contributed by atoms with van der Waals surface area (Å²) in [5.41, 5.74) is 3.48. The largest absolute Gasteiger partial charge is 0.348 e. The number of imidazole rings is 1. The average Bonchev–Trinajstić information content (AvgIpc) is 3.08. The third kappa shape index (κ3) is 4.05. The number of aromatic nitrogens is 2. The molecule has 0 unspecified atom stereocenters. The molecule has 1 saturated heterocycles. The topological polar surface area (TPSA) is 49.6 Å². The zero-order chi connectivity index (χ0) is 19.5. The zero-order valence-corrected chi connectivity index (χ0v) is 16.8. The molecule has 3 heterocycles. The summed E-state index contributed by atoms with van der Waals surface area (Å²) >= 11 is 6.07. The van der Waals surface area contributed by atoms with Crippen LogP contribution >= 0.6 is 11.6 Å². The highest BCUT2D eigenvalue weighted by molar-refractivity contribution is 6.30. The van der Waals surface area contributed by atoms with Crippen molar-refractivity contribution in [2.45, 2.75) is 38.8 Å². The van der Waals surface area contributed by atoms with E-state index in [1.54, 1.807) is 12.1 Å². The van der Waals surface area contributed by atoms with Crippen molar-refractivity contribution in [3.63, 3.8) is 0 Å². The number of fused-ring (bicyclic) bond motifs is 1. The van der Waals surface area contributed by atoms with Crippen molar-refractivity contribution < 1.29 is 4.79 Å². The Kier molecular flexibility index (Phi) is 5.64. The van der Waals surface area contributed by atoms with Crippen LogP contribution in [-0.2, 0) is 13.0 Å². The minimum absolute atomic E-state index is 0.0480. The van der Waals surface area contributed by atoms with Gasteiger partial charge in [-0.05, 0) is 30.9 Å². The van der Waals surface area contributed by atoms with Gasteiger partial charge in [-0.1, -0.05) is 48.9 Å². The standard InChI is InChI=1S/C22H25ClN4O/c1-2-19-21(27-13-8-17(23)14-20(27)25-19)22(28)24-18-9-11-26(12-10-18)15-16-6-4-3-5-7-16/h3-8,13-14,18H,2,9-12,15H2,1H3,(H,24,28). The molecule has 0 spiro atoms. The lowest BCUT2D eigenvalue weighted by atomic mass is 10.0. The molecule has 1 N–H and O–H groups in total. The Morgan fingerprint density at radius 3 is 2.68 bits per heavy atom. The van der Waals surface area contributed by atoms with Gasteiger partial charge in [0.1, 0.15) is 11.3 Å². The van der Waals surface area contributed by atoms with Crippen molar-refractivity contribution in [2.75, 3.05) is 13.1 Å². The van der Waals surface area contributed by atoms with E-state index in [4.69, 9.17) is 11.6 Å². The predicted molar refractivity (Wildman–Crippen MR) is 112 cm³/mol. The van der Waals surface area contributed by atoms with E-state index in [-0.39, 0.29) is 11.9 Å². The van der Waals surface area contributed by atoms with Gasteiger partial charge in [-0.25, -0.2) is 4.98 Å². The van der Waals surface area contributed by atoms with Gasteiger partial charge >= 0.3 is 0 Å². The van der Waals surface area contributed by atoms with Gasteiger partial charge in [-0.15, -0.1) is 0 Å². The number of nitrogens with zero attached hydrogens (tertiary/aromatic N) is 3.